The van der Waals surface area contributed by atoms with Crippen LogP contribution in [0, 0.1) is 6.92 Å². The molecule has 0 bridgehead atoms. The Bertz CT molecular complexity index is 1180. The van der Waals surface area contributed by atoms with E-state index in [9.17, 15) is 13.2 Å². The number of carbonyl (C=O) groups excluding carboxylic acids is 1. The summed E-state index contributed by atoms with van der Waals surface area (Å²) in [5, 5.41) is 2.90. The fourth-order valence-corrected chi connectivity index (χ4v) is 4.95. The molecular formula is C25H27BrN2O4S. The predicted octanol–water partition coefficient (Wildman–Crippen LogP) is 4.83. The molecule has 33 heavy (non-hydrogen) atoms. The molecule has 0 spiro atoms. The van der Waals surface area contributed by atoms with E-state index in [1.54, 1.807) is 31.4 Å². The number of sulfonamides is 1. The Hall–Kier alpha value is -2.68. The summed E-state index contributed by atoms with van der Waals surface area (Å²) in [6.45, 7) is 3.53. The number of rotatable bonds is 9. The van der Waals surface area contributed by atoms with Gasteiger partial charge in [0.2, 0.25) is 15.9 Å². The fourth-order valence-electron chi connectivity index (χ4n) is 3.30. The standard InChI is InChI=1S/C25H27BrN2O4S/c1-18-4-14-24(15-5-18)33(30,31)28(16-20-6-10-22(26)11-7-20)17-25(29)27-19(2)21-8-12-23(32-3)13-9-21/h4-15,19H,16-17H2,1-3H3,(H,27,29). The van der Waals surface area contributed by atoms with Gasteiger partial charge in [0.25, 0.3) is 0 Å². The van der Waals surface area contributed by atoms with Crippen LogP contribution in [0.15, 0.2) is 82.2 Å². The number of halogens is 1. The molecule has 0 aliphatic heterocycles. The van der Waals surface area contributed by atoms with Crippen LogP contribution in [0.1, 0.15) is 29.7 Å². The van der Waals surface area contributed by atoms with Crippen LogP contribution in [-0.2, 0) is 21.4 Å². The third-order valence-electron chi connectivity index (χ3n) is 5.24. The summed E-state index contributed by atoms with van der Waals surface area (Å²) in [6.07, 6.45) is 0. The Balaban J connectivity index is 1.81. The second-order valence-corrected chi connectivity index (χ2v) is 10.6. The average Bonchev–Trinajstić information content (AvgIpc) is 2.80. The lowest BCUT2D eigenvalue weighted by molar-refractivity contribution is -0.122. The molecule has 1 N–H and O–H groups in total. The van der Waals surface area contributed by atoms with Gasteiger partial charge in [-0.1, -0.05) is 57.9 Å². The molecule has 174 valence electrons. The molecule has 0 fully saturated rings. The van der Waals surface area contributed by atoms with Gasteiger partial charge in [0.05, 0.1) is 24.6 Å². The minimum Gasteiger partial charge on any atom is -0.497 e. The summed E-state index contributed by atoms with van der Waals surface area (Å²) in [4.78, 5) is 13.0. The summed E-state index contributed by atoms with van der Waals surface area (Å²) >= 11 is 3.39. The van der Waals surface area contributed by atoms with Gasteiger partial charge >= 0.3 is 0 Å². The van der Waals surface area contributed by atoms with Crippen molar-refractivity contribution in [2.24, 2.45) is 0 Å². The first kappa shape index (κ1) is 25.0. The van der Waals surface area contributed by atoms with Crippen molar-refractivity contribution >= 4 is 31.9 Å². The van der Waals surface area contributed by atoms with Crippen molar-refractivity contribution < 1.29 is 17.9 Å². The van der Waals surface area contributed by atoms with E-state index in [2.05, 4.69) is 21.2 Å². The number of ether oxygens (including phenoxy) is 1. The molecule has 3 aromatic carbocycles. The van der Waals surface area contributed by atoms with E-state index in [4.69, 9.17) is 4.74 Å². The van der Waals surface area contributed by atoms with Crippen molar-refractivity contribution in [1.82, 2.24) is 9.62 Å². The third-order valence-corrected chi connectivity index (χ3v) is 7.58. The van der Waals surface area contributed by atoms with Crippen molar-refractivity contribution in [3.05, 3.63) is 94.0 Å². The molecule has 8 heteroatoms. The van der Waals surface area contributed by atoms with Gasteiger partial charge in [-0.25, -0.2) is 8.42 Å². The van der Waals surface area contributed by atoms with Crippen LogP contribution in [0.3, 0.4) is 0 Å². The van der Waals surface area contributed by atoms with E-state index in [-0.39, 0.29) is 29.9 Å². The lowest BCUT2D eigenvalue weighted by Gasteiger charge is -2.23. The first-order chi connectivity index (χ1) is 15.7. The summed E-state index contributed by atoms with van der Waals surface area (Å²) in [5.41, 5.74) is 2.63. The van der Waals surface area contributed by atoms with Gasteiger partial charge < -0.3 is 10.1 Å². The molecule has 3 rings (SSSR count). The smallest absolute Gasteiger partial charge is 0.243 e. The number of carbonyl (C=O) groups is 1. The second-order valence-electron chi connectivity index (χ2n) is 7.77. The Morgan fingerprint density at radius 2 is 1.61 bits per heavy atom. The molecule has 1 amide bonds. The monoisotopic (exact) mass is 530 g/mol. The number of methoxy groups -OCH3 is 1. The van der Waals surface area contributed by atoms with E-state index in [1.807, 2.05) is 62.4 Å². The Kier molecular flexibility index (Phi) is 8.29. The molecule has 0 radical (unpaired) electrons. The zero-order valence-electron chi connectivity index (χ0n) is 18.8. The molecule has 0 heterocycles. The van der Waals surface area contributed by atoms with Crippen molar-refractivity contribution in [2.45, 2.75) is 31.3 Å². The highest BCUT2D eigenvalue weighted by molar-refractivity contribution is 9.10. The van der Waals surface area contributed by atoms with E-state index < -0.39 is 10.0 Å². The number of hydrogen-bond acceptors (Lipinski definition) is 4. The highest BCUT2D eigenvalue weighted by Gasteiger charge is 2.27. The zero-order chi connectivity index (χ0) is 24.0. The van der Waals surface area contributed by atoms with Gasteiger partial charge in [-0.2, -0.15) is 4.31 Å². The van der Waals surface area contributed by atoms with Crippen LogP contribution in [-0.4, -0.2) is 32.3 Å². The molecule has 0 saturated heterocycles. The van der Waals surface area contributed by atoms with E-state index in [0.29, 0.717) is 0 Å². The summed E-state index contributed by atoms with van der Waals surface area (Å²) in [6, 6.07) is 21.1. The maximum atomic E-state index is 13.4. The lowest BCUT2D eigenvalue weighted by atomic mass is 10.1. The van der Waals surface area contributed by atoms with E-state index in [0.717, 1.165) is 26.9 Å². The molecule has 0 aromatic heterocycles. The van der Waals surface area contributed by atoms with Gasteiger partial charge in [-0.15, -0.1) is 0 Å². The molecule has 0 aliphatic rings. The maximum Gasteiger partial charge on any atom is 0.243 e. The van der Waals surface area contributed by atoms with Gasteiger partial charge in [0, 0.05) is 11.0 Å². The lowest BCUT2D eigenvalue weighted by Crippen LogP contribution is -2.41. The van der Waals surface area contributed by atoms with Crippen molar-refractivity contribution in [3.8, 4) is 5.75 Å². The molecule has 1 unspecified atom stereocenters. The number of hydrogen-bond donors (Lipinski definition) is 1. The normalized spacial score (nSPS) is 12.4. The Morgan fingerprint density at radius 1 is 1.00 bits per heavy atom. The summed E-state index contributed by atoms with van der Waals surface area (Å²) < 4.78 is 34.1. The topological polar surface area (TPSA) is 75.7 Å². The van der Waals surface area contributed by atoms with Crippen LogP contribution in [0.25, 0.3) is 0 Å². The van der Waals surface area contributed by atoms with Gasteiger partial charge in [0.15, 0.2) is 0 Å². The van der Waals surface area contributed by atoms with Crippen LogP contribution in [0.2, 0.25) is 0 Å². The molecule has 3 aromatic rings. The third kappa shape index (κ3) is 6.66. The van der Waals surface area contributed by atoms with Crippen molar-refractivity contribution in [1.29, 1.82) is 0 Å². The number of nitrogens with one attached hydrogen (secondary N) is 1. The number of nitrogens with zero attached hydrogens (tertiary/aromatic N) is 1. The minimum atomic E-state index is -3.89. The second kappa shape index (κ2) is 11.0. The van der Waals surface area contributed by atoms with Gasteiger partial charge in [-0.3, -0.25) is 4.79 Å². The molecule has 0 aliphatic carbocycles. The molecular weight excluding hydrogens is 504 g/mol. The van der Waals surface area contributed by atoms with Crippen LogP contribution < -0.4 is 10.1 Å². The quantitative estimate of drug-likeness (QED) is 0.429. The van der Waals surface area contributed by atoms with E-state index in [1.165, 1.54) is 4.31 Å². The van der Waals surface area contributed by atoms with Crippen molar-refractivity contribution in [2.75, 3.05) is 13.7 Å². The molecule has 0 saturated carbocycles. The summed E-state index contributed by atoms with van der Waals surface area (Å²) in [7, 11) is -2.29. The highest BCUT2D eigenvalue weighted by Crippen LogP contribution is 2.21. The first-order valence-electron chi connectivity index (χ1n) is 10.4. The Labute approximate surface area is 203 Å². The number of benzene rings is 3. The minimum absolute atomic E-state index is 0.0772. The van der Waals surface area contributed by atoms with Crippen LogP contribution in [0.4, 0.5) is 0 Å². The first-order valence-corrected chi connectivity index (χ1v) is 12.7. The van der Waals surface area contributed by atoms with Crippen LogP contribution in [0.5, 0.6) is 5.75 Å². The zero-order valence-corrected chi connectivity index (χ0v) is 21.2. The molecule has 1 atom stereocenters. The van der Waals surface area contributed by atoms with Gasteiger partial charge in [0.1, 0.15) is 5.75 Å². The average molecular weight is 531 g/mol. The SMILES string of the molecule is COc1ccc(C(C)NC(=O)CN(Cc2ccc(Br)cc2)S(=O)(=O)c2ccc(C)cc2)cc1. The van der Waals surface area contributed by atoms with Crippen LogP contribution >= 0.6 is 15.9 Å². The highest BCUT2D eigenvalue weighted by atomic mass is 79.9. The van der Waals surface area contributed by atoms with Crippen molar-refractivity contribution in [3.63, 3.8) is 0 Å². The number of amides is 1. The Morgan fingerprint density at radius 3 is 2.18 bits per heavy atom. The van der Waals surface area contributed by atoms with E-state index >= 15 is 0 Å². The molecule has 6 nitrogen and oxygen atoms in total. The maximum absolute atomic E-state index is 13.4. The number of aryl methyl sites for hydroxylation is 1. The predicted molar refractivity (Wildman–Crippen MR) is 132 cm³/mol. The fraction of sp³-hybridized carbons (Fsp3) is 0.240. The summed E-state index contributed by atoms with van der Waals surface area (Å²) in [5.74, 6) is 0.341. The largest absolute Gasteiger partial charge is 0.497 e. The van der Waals surface area contributed by atoms with Gasteiger partial charge in [-0.05, 0) is 61.4 Å².